The molecule has 1 fully saturated rings. The van der Waals surface area contributed by atoms with Gasteiger partial charge in [0.1, 0.15) is 10.4 Å². The molecule has 0 saturated carbocycles. The molecule has 1 saturated heterocycles. The van der Waals surface area contributed by atoms with Gasteiger partial charge in [0, 0.05) is 6.54 Å². The van der Waals surface area contributed by atoms with Gasteiger partial charge in [0.05, 0.1) is 23.1 Å². The Labute approximate surface area is 123 Å². The third-order valence-corrected chi connectivity index (χ3v) is 4.17. The first-order valence-electron chi connectivity index (χ1n) is 5.36. The number of amides is 1. The van der Waals surface area contributed by atoms with Crippen LogP contribution in [0.25, 0.3) is 0 Å². The molecule has 1 unspecified atom stereocenters. The number of hydrogen-bond donors (Lipinski definition) is 2. The number of carbonyl (C=O) groups excluding carboxylic acids is 1. The molecule has 1 aromatic heterocycles. The van der Waals surface area contributed by atoms with Gasteiger partial charge in [-0.2, -0.15) is 0 Å². The number of hydrogen-bond acceptors (Lipinski definition) is 5. The van der Waals surface area contributed by atoms with E-state index in [1.807, 2.05) is 0 Å². The number of thiophene rings is 1. The molecule has 1 amide bonds. The van der Waals surface area contributed by atoms with Gasteiger partial charge in [-0.3, -0.25) is 4.79 Å². The molecule has 1 atom stereocenters. The molecule has 9 heteroatoms. The van der Waals surface area contributed by atoms with Crippen LogP contribution in [-0.2, 0) is 4.74 Å². The number of nitrogens with two attached hydrogens (primary N) is 1. The number of nitrogens with zero attached hydrogens (tertiary/aromatic N) is 2. The van der Waals surface area contributed by atoms with Crippen LogP contribution in [0.5, 0.6) is 0 Å². The summed E-state index contributed by atoms with van der Waals surface area (Å²) in [5, 5.41) is 11.5. The van der Waals surface area contributed by atoms with Crippen molar-refractivity contribution in [3.05, 3.63) is 20.3 Å². The minimum absolute atomic E-state index is 0.0630. The van der Waals surface area contributed by atoms with Crippen LogP contribution < -0.4 is 5.73 Å². The van der Waals surface area contributed by atoms with E-state index in [1.54, 1.807) is 0 Å². The number of rotatable bonds is 2. The van der Waals surface area contributed by atoms with Crippen molar-refractivity contribution >= 4 is 46.3 Å². The second-order valence-corrected chi connectivity index (χ2v) is 6.16. The molecular formula is C10H11Cl2N3O3S. The van der Waals surface area contributed by atoms with Crippen molar-refractivity contribution in [2.24, 2.45) is 10.9 Å². The smallest absolute Gasteiger partial charge is 0.256 e. The SMILES string of the molecule is N/C(=N/O)C1CN(C(=O)c2cc(Cl)sc2Cl)CCO1. The van der Waals surface area contributed by atoms with Crippen LogP contribution in [0.15, 0.2) is 11.2 Å². The summed E-state index contributed by atoms with van der Waals surface area (Å²) < 4.78 is 6.12. The van der Waals surface area contributed by atoms with E-state index in [0.29, 0.717) is 27.4 Å². The number of oxime groups is 1. The summed E-state index contributed by atoms with van der Waals surface area (Å²) in [5.41, 5.74) is 5.83. The minimum Gasteiger partial charge on any atom is -0.409 e. The largest absolute Gasteiger partial charge is 0.409 e. The molecule has 0 radical (unpaired) electrons. The molecule has 104 valence electrons. The summed E-state index contributed by atoms with van der Waals surface area (Å²) in [6.45, 7) is 0.929. The molecule has 0 aliphatic carbocycles. The first-order valence-corrected chi connectivity index (χ1v) is 6.93. The topological polar surface area (TPSA) is 88.2 Å². The molecule has 19 heavy (non-hydrogen) atoms. The van der Waals surface area contributed by atoms with Crippen molar-refractivity contribution in [1.82, 2.24) is 4.90 Å². The van der Waals surface area contributed by atoms with E-state index in [2.05, 4.69) is 5.16 Å². The maximum absolute atomic E-state index is 12.3. The van der Waals surface area contributed by atoms with Crippen molar-refractivity contribution < 1.29 is 14.7 Å². The Hall–Kier alpha value is -1.02. The Morgan fingerprint density at radius 2 is 2.37 bits per heavy atom. The number of halogens is 2. The fourth-order valence-electron chi connectivity index (χ4n) is 1.73. The summed E-state index contributed by atoms with van der Waals surface area (Å²) in [5.74, 6) is -0.306. The van der Waals surface area contributed by atoms with Crippen LogP contribution in [-0.4, -0.2) is 47.7 Å². The van der Waals surface area contributed by atoms with Crippen LogP contribution in [0.2, 0.25) is 8.67 Å². The van der Waals surface area contributed by atoms with E-state index in [4.69, 9.17) is 38.9 Å². The zero-order chi connectivity index (χ0) is 14.0. The van der Waals surface area contributed by atoms with Crippen molar-refractivity contribution in [3.63, 3.8) is 0 Å². The molecule has 1 aliphatic heterocycles. The second-order valence-electron chi connectivity index (χ2n) is 3.87. The Kier molecular flexibility index (Phi) is 4.51. The van der Waals surface area contributed by atoms with Crippen LogP contribution in [0.3, 0.4) is 0 Å². The van der Waals surface area contributed by atoms with Gasteiger partial charge in [0.2, 0.25) is 0 Å². The number of ether oxygens (including phenoxy) is 1. The number of carbonyl (C=O) groups is 1. The molecule has 1 aromatic rings. The maximum Gasteiger partial charge on any atom is 0.256 e. The lowest BCUT2D eigenvalue weighted by Crippen LogP contribution is -2.50. The monoisotopic (exact) mass is 323 g/mol. The summed E-state index contributed by atoms with van der Waals surface area (Å²) in [4.78, 5) is 13.8. The molecule has 2 rings (SSSR count). The highest BCUT2D eigenvalue weighted by atomic mass is 35.5. The lowest BCUT2D eigenvalue weighted by atomic mass is 10.2. The summed E-state index contributed by atoms with van der Waals surface area (Å²) >= 11 is 12.9. The van der Waals surface area contributed by atoms with Gasteiger partial charge in [-0.25, -0.2) is 0 Å². The van der Waals surface area contributed by atoms with Gasteiger partial charge < -0.3 is 20.6 Å². The normalized spacial score (nSPS) is 20.6. The van der Waals surface area contributed by atoms with Crippen LogP contribution in [0.1, 0.15) is 10.4 Å². The average molecular weight is 324 g/mol. The average Bonchev–Trinajstić information content (AvgIpc) is 2.76. The van der Waals surface area contributed by atoms with Crippen LogP contribution >= 0.6 is 34.5 Å². The molecular weight excluding hydrogens is 313 g/mol. The minimum atomic E-state index is -0.615. The van der Waals surface area contributed by atoms with Crippen LogP contribution in [0.4, 0.5) is 0 Å². The lowest BCUT2D eigenvalue weighted by molar-refractivity contribution is 0.00679. The molecule has 3 N–H and O–H groups in total. The van der Waals surface area contributed by atoms with E-state index < -0.39 is 6.10 Å². The van der Waals surface area contributed by atoms with Crippen molar-refractivity contribution in [2.45, 2.75) is 6.10 Å². The van der Waals surface area contributed by atoms with E-state index in [0.717, 1.165) is 11.3 Å². The Morgan fingerprint density at radius 3 is 2.95 bits per heavy atom. The number of amidine groups is 1. The van der Waals surface area contributed by atoms with Gasteiger partial charge in [0.25, 0.3) is 5.91 Å². The van der Waals surface area contributed by atoms with Crippen molar-refractivity contribution in [1.29, 1.82) is 0 Å². The van der Waals surface area contributed by atoms with E-state index in [9.17, 15) is 4.79 Å². The Morgan fingerprint density at radius 1 is 1.63 bits per heavy atom. The highest BCUT2D eigenvalue weighted by Crippen LogP contribution is 2.32. The summed E-state index contributed by atoms with van der Waals surface area (Å²) in [7, 11) is 0. The molecule has 2 heterocycles. The molecule has 6 nitrogen and oxygen atoms in total. The van der Waals surface area contributed by atoms with Crippen molar-refractivity contribution in [3.8, 4) is 0 Å². The first-order chi connectivity index (χ1) is 9.02. The Bertz CT molecular complexity index is 520. The summed E-state index contributed by atoms with van der Waals surface area (Å²) in [6, 6.07) is 1.53. The third kappa shape index (κ3) is 3.11. The van der Waals surface area contributed by atoms with E-state index in [1.165, 1.54) is 11.0 Å². The highest BCUT2D eigenvalue weighted by Gasteiger charge is 2.29. The Balaban J connectivity index is 2.13. The predicted octanol–water partition coefficient (Wildman–Crippen LogP) is 1.64. The van der Waals surface area contributed by atoms with E-state index >= 15 is 0 Å². The predicted molar refractivity (Wildman–Crippen MR) is 73.4 cm³/mol. The number of morpholine rings is 1. The first kappa shape index (κ1) is 14.4. The lowest BCUT2D eigenvalue weighted by Gasteiger charge is -2.32. The third-order valence-electron chi connectivity index (χ3n) is 2.69. The van der Waals surface area contributed by atoms with E-state index in [-0.39, 0.29) is 18.3 Å². The zero-order valence-corrected chi connectivity index (χ0v) is 12.0. The zero-order valence-electron chi connectivity index (χ0n) is 9.68. The fourth-order valence-corrected chi connectivity index (χ4v) is 3.18. The maximum atomic E-state index is 12.3. The second kappa shape index (κ2) is 5.96. The van der Waals surface area contributed by atoms with Gasteiger partial charge >= 0.3 is 0 Å². The van der Waals surface area contributed by atoms with Gasteiger partial charge in [-0.1, -0.05) is 28.4 Å². The summed E-state index contributed by atoms with van der Waals surface area (Å²) in [6.07, 6.45) is -0.615. The van der Waals surface area contributed by atoms with Gasteiger partial charge in [0.15, 0.2) is 5.84 Å². The van der Waals surface area contributed by atoms with Gasteiger partial charge in [-0.05, 0) is 6.07 Å². The quantitative estimate of drug-likeness (QED) is 0.375. The molecule has 0 bridgehead atoms. The van der Waals surface area contributed by atoms with Gasteiger partial charge in [-0.15, -0.1) is 11.3 Å². The highest BCUT2D eigenvalue weighted by molar-refractivity contribution is 7.20. The molecule has 0 spiro atoms. The molecule has 0 aromatic carbocycles. The fraction of sp³-hybridized carbons (Fsp3) is 0.400. The molecule has 1 aliphatic rings. The standard InChI is InChI=1S/C10H11Cl2N3O3S/c11-7-3-5(8(12)19-7)10(16)15-1-2-18-6(4-15)9(13)14-17/h3,6,17H,1-2,4H2,(H2,13,14). The van der Waals surface area contributed by atoms with Crippen molar-refractivity contribution in [2.75, 3.05) is 19.7 Å². The van der Waals surface area contributed by atoms with Crippen LogP contribution in [0, 0.1) is 0 Å².